The monoisotopic (exact) mass is 663 g/mol. The molecule has 2 bridgehead atoms. The highest BCUT2D eigenvalue weighted by Gasteiger charge is 2.57. The van der Waals surface area contributed by atoms with Gasteiger partial charge in [-0.2, -0.15) is 5.06 Å². The van der Waals surface area contributed by atoms with Crippen molar-refractivity contribution in [2.45, 2.75) is 78.3 Å². The molecule has 3 aliphatic carbocycles. The minimum atomic E-state index is -0.884. The Bertz CT molecular complexity index is 1530. The van der Waals surface area contributed by atoms with Gasteiger partial charge in [0.05, 0.1) is 19.8 Å². The van der Waals surface area contributed by atoms with E-state index < -0.39 is 24.2 Å². The highest BCUT2D eigenvalue weighted by atomic mass is 16.7. The van der Waals surface area contributed by atoms with Gasteiger partial charge in [-0.05, 0) is 66.7 Å². The molecule has 0 radical (unpaired) electrons. The van der Waals surface area contributed by atoms with Gasteiger partial charge in [-0.15, -0.1) is 0 Å². The van der Waals surface area contributed by atoms with E-state index in [4.69, 9.17) is 9.57 Å². The molecule has 4 aliphatic rings. The van der Waals surface area contributed by atoms with Gasteiger partial charge >= 0.3 is 0 Å². The zero-order chi connectivity index (χ0) is 35.1. The standard InChI is InChI=1S/C37H53N5O6/c1-20-29-16-26(37(29,4)5)17-30(20)40-36(46)33-32(21(2)43)31(18-39-22(3)44)48-42(33)19-23-11-10-12-28(34(23)47-9)24-13-25(35(45)38-6)15-27(14-24)41(7)8/h10-15,20-21,26,29-33,43H,16-19H2,1-9H3,(H,38,45)(H,39,44)(H,40,46)/t20-,21-,26+,29-,30-,31-,32+,33-/m0/s1. The highest BCUT2D eigenvalue weighted by Crippen LogP contribution is 2.61. The molecule has 6 rings (SSSR count). The van der Waals surface area contributed by atoms with Gasteiger partial charge in [-0.1, -0.05) is 39.0 Å². The van der Waals surface area contributed by atoms with E-state index in [1.165, 1.54) is 13.3 Å². The molecule has 1 saturated heterocycles. The number of rotatable bonds is 11. The minimum Gasteiger partial charge on any atom is -0.496 e. The summed E-state index contributed by atoms with van der Waals surface area (Å²) < 4.78 is 6.01. The molecule has 8 atom stereocenters. The molecule has 11 heteroatoms. The molecule has 2 aromatic carbocycles. The molecule has 3 amide bonds. The average Bonchev–Trinajstić information content (AvgIpc) is 3.41. The maximum Gasteiger partial charge on any atom is 0.251 e. The van der Waals surface area contributed by atoms with E-state index >= 15 is 0 Å². The van der Waals surface area contributed by atoms with Crippen LogP contribution in [0.5, 0.6) is 5.75 Å². The molecule has 11 nitrogen and oxygen atoms in total. The first kappa shape index (κ1) is 35.6. The van der Waals surface area contributed by atoms with E-state index in [1.807, 2.05) is 55.4 Å². The molecule has 0 spiro atoms. The molecule has 262 valence electrons. The first-order chi connectivity index (χ1) is 22.7. The Balaban J connectivity index is 1.49. The third kappa shape index (κ3) is 6.77. The summed E-state index contributed by atoms with van der Waals surface area (Å²) in [5, 5.41) is 21.6. The van der Waals surface area contributed by atoms with Crippen LogP contribution in [0.25, 0.3) is 11.1 Å². The molecule has 1 heterocycles. The number of anilines is 1. The Morgan fingerprint density at radius 1 is 1.17 bits per heavy atom. The number of carbonyl (C=O) groups excluding carboxylic acids is 3. The molecular formula is C37H53N5O6. The van der Waals surface area contributed by atoms with Crippen molar-refractivity contribution in [1.82, 2.24) is 21.0 Å². The Kier molecular flexibility index (Phi) is 10.4. The first-order valence-corrected chi connectivity index (χ1v) is 17.0. The maximum absolute atomic E-state index is 14.3. The number of methoxy groups -OCH3 is 1. The van der Waals surface area contributed by atoms with Crippen LogP contribution in [0.4, 0.5) is 5.69 Å². The van der Waals surface area contributed by atoms with Crippen LogP contribution in [-0.4, -0.2) is 87.0 Å². The molecule has 4 fully saturated rings. The number of para-hydroxylation sites is 1. The normalized spacial score (nSPS) is 28.2. The van der Waals surface area contributed by atoms with E-state index in [0.717, 1.165) is 28.8 Å². The van der Waals surface area contributed by atoms with Gasteiger partial charge in [0.25, 0.3) is 5.91 Å². The zero-order valence-electron chi connectivity index (χ0n) is 29.8. The van der Waals surface area contributed by atoms with Gasteiger partial charge < -0.3 is 30.7 Å². The lowest BCUT2D eigenvalue weighted by Gasteiger charge is -2.62. The van der Waals surface area contributed by atoms with Crippen molar-refractivity contribution in [2.75, 3.05) is 39.7 Å². The zero-order valence-corrected chi connectivity index (χ0v) is 29.8. The number of hydrogen-bond donors (Lipinski definition) is 4. The number of nitrogens with one attached hydrogen (secondary N) is 3. The maximum atomic E-state index is 14.3. The number of hydroxylamine groups is 2. The highest BCUT2D eigenvalue weighted by molar-refractivity contribution is 5.97. The number of aliphatic hydroxyl groups is 1. The number of carbonyl (C=O) groups is 3. The summed E-state index contributed by atoms with van der Waals surface area (Å²) in [5.74, 6) is 0.846. The average molecular weight is 664 g/mol. The van der Waals surface area contributed by atoms with E-state index in [2.05, 4.69) is 36.7 Å². The van der Waals surface area contributed by atoms with Crippen LogP contribution in [0.2, 0.25) is 0 Å². The predicted molar refractivity (Wildman–Crippen MR) is 185 cm³/mol. The largest absolute Gasteiger partial charge is 0.496 e. The molecule has 2 aromatic rings. The van der Waals surface area contributed by atoms with Crippen LogP contribution in [0, 0.1) is 29.1 Å². The van der Waals surface area contributed by atoms with Gasteiger partial charge in [-0.25, -0.2) is 0 Å². The lowest BCUT2D eigenvalue weighted by Crippen LogP contribution is -2.62. The van der Waals surface area contributed by atoms with Crippen LogP contribution in [0.3, 0.4) is 0 Å². The first-order valence-electron chi connectivity index (χ1n) is 17.0. The lowest BCUT2D eigenvalue weighted by atomic mass is 9.45. The number of benzene rings is 2. The Morgan fingerprint density at radius 2 is 1.90 bits per heavy atom. The van der Waals surface area contributed by atoms with E-state index in [1.54, 1.807) is 26.1 Å². The summed E-state index contributed by atoms with van der Waals surface area (Å²) in [6.07, 6.45) is 0.623. The number of hydrogen-bond acceptors (Lipinski definition) is 8. The number of ether oxygens (including phenoxy) is 1. The molecule has 48 heavy (non-hydrogen) atoms. The second kappa shape index (κ2) is 14.1. The second-order valence-electron chi connectivity index (χ2n) is 14.7. The number of aliphatic hydroxyl groups excluding tert-OH is 1. The van der Waals surface area contributed by atoms with Crippen LogP contribution < -0.4 is 25.6 Å². The third-order valence-corrected chi connectivity index (χ3v) is 11.3. The van der Waals surface area contributed by atoms with Crippen molar-refractivity contribution in [2.24, 2.45) is 29.1 Å². The molecule has 4 N–H and O–H groups in total. The van der Waals surface area contributed by atoms with E-state index in [9.17, 15) is 19.5 Å². The van der Waals surface area contributed by atoms with Crippen LogP contribution in [0.15, 0.2) is 36.4 Å². The fourth-order valence-electron chi connectivity index (χ4n) is 8.39. The SMILES string of the molecule is CNC(=O)c1cc(-c2cccc(CN3O[C@@H](CNC(C)=O)[C@@H]([C@H](C)O)[C@H]3C(=O)N[C@H]3C[C@H]4C[C@@H]([C@@H]3C)C4(C)C)c2OC)cc(N(C)C)c1. The Labute approximate surface area is 284 Å². The van der Waals surface area contributed by atoms with E-state index in [0.29, 0.717) is 29.1 Å². The van der Waals surface area contributed by atoms with E-state index in [-0.39, 0.29) is 42.3 Å². The summed E-state index contributed by atoms with van der Waals surface area (Å²) in [5.41, 5.74) is 4.00. The number of fused-ring (bicyclic) bond motifs is 2. The minimum absolute atomic E-state index is 0.0384. The summed E-state index contributed by atoms with van der Waals surface area (Å²) in [6.45, 7) is 10.3. The molecule has 0 unspecified atom stereocenters. The summed E-state index contributed by atoms with van der Waals surface area (Å²) >= 11 is 0. The van der Waals surface area contributed by atoms with Gasteiger partial charge in [0.2, 0.25) is 11.8 Å². The quantitative estimate of drug-likeness (QED) is 0.287. The molecule has 0 aromatic heterocycles. The molecule has 1 aliphatic heterocycles. The fraction of sp³-hybridized carbons (Fsp3) is 0.595. The van der Waals surface area contributed by atoms with Crippen LogP contribution in [-0.2, 0) is 21.0 Å². The van der Waals surface area contributed by atoms with Gasteiger partial charge in [0.1, 0.15) is 17.9 Å². The number of amides is 3. The lowest BCUT2D eigenvalue weighted by molar-refractivity contribution is -0.177. The van der Waals surface area contributed by atoms with Crippen molar-refractivity contribution in [3.63, 3.8) is 0 Å². The van der Waals surface area contributed by atoms with Crippen molar-refractivity contribution < 1.29 is 29.1 Å². The van der Waals surface area contributed by atoms with Gasteiger partial charge in [0.15, 0.2) is 0 Å². The topological polar surface area (TPSA) is 132 Å². The van der Waals surface area contributed by atoms with Crippen molar-refractivity contribution in [3.05, 3.63) is 47.5 Å². The van der Waals surface area contributed by atoms with Crippen molar-refractivity contribution in [1.29, 1.82) is 0 Å². The van der Waals surface area contributed by atoms with Crippen LogP contribution >= 0.6 is 0 Å². The summed E-state index contributed by atoms with van der Waals surface area (Å²) in [4.78, 5) is 47.3. The van der Waals surface area contributed by atoms with Gasteiger partial charge in [-0.3, -0.25) is 19.2 Å². The van der Waals surface area contributed by atoms with Gasteiger partial charge in [0, 0.05) is 68.9 Å². The smallest absolute Gasteiger partial charge is 0.251 e. The van der Waals surface area contributed by atoms with Crippen molar-refractivity contribution >= 4 is 23.4 Å². The Morgan fingerprint density at radius 3 is 2.48 bits per heavy atom. The number of nitrogens with zero attached hydrogens (tertiary/aromatic N) is 2. The fourth-order valence-corrected chi connectivity index (χ4v) is 8.39. The second-order valence-corrected chi connectivity index (χ2v) is 14.7. The summed E-state index contributed by atoms with van der Waals surface area (Å²) in [6, 6.07) is 10.7. The van der Waals surface area contributed by atoms with Crippen molar-refractivity contribution in [3.8, 4) is 16.9 Å². The molecule has 3 saturated carbocycles. The van der Waals surface area contributed by atoms with Crippen LogP contribution in [0.1, 0.15) is 63.4 Å². The summed E-state index contributed by atoms with van der Waals surface area (Å²) in [7, 11) is 7.04. The Hall–Kier alpha value is -3.67. The third-order valence-electron chi connectivity index (χ3n) is 11.3. The predicted octanol–water partition coefficient (Wildman–Crippen LogP) is 3.59. The molecular weight excluding hydrogens is 610 g/mol.